The Labute approximate surface area is 107 Å². The van der Waals surface area contributed by atoms with E-state index in [1.165, 1.54) is 0 Å². The van der Waals surface area contributed by atoms with E-state index in [1.54, 1.807) is 0 Å². The van der Waals surface area contributed by atoms with Gasteiger partial charge < -0.3 is 15.6 Å². The predicted molar refractivity (Wildman–Crippen MR) is 71.2 cm³/mol. The molecule has 0 saturated heterocycles. The molecule has 0 fully saturated rings. The highest BCUT2D eigenvalue weighted by Crippen LogP contribution is 2.19. The molecule has 0 aromatic heterocycles. The third-order valence-electron chi connectivity index (χ3n) is 2.71. The molecule has 0 unspecified atom stereocenters. The van der Waals surface area contributed by atoms with Crippen molar-refractivity contribution in [3.63, 3.8) is 0 Å². The Morgan fingerprint density at radius 3 is 2.56 bits per heavy atom. The SMILES string of the molecule is NC[C@H](O)c1cccc(OCc2ccccc2)c1. The van der Waals surface area contributed by atoms with E-state index in [4.69, 9.17) is 10.5 Å². The zero-order valence-corrected chi connectivity index (χ0v) is 10.1. The molecule has 0 aliphatic rings. The molecule has 0 radical (unpaired) electrons. The van der Waals surface area contributed by atoms with Crippen molar-refractivity contribution in [2.24, 2.45) is 5.73 Å². The number of rotatable bonds is 5. The van der Waals surface area contributed by atoms with Crippen LogP contribution in [0.3, 0.4) is 0 Å². The molecule has 2 aromatic rings. The van der Waals surface area contributed by atoms with Crippen LogP contribution in [-0.4, -0.2) is 11.7 Å². The molecule has 0 bridgehead atoms. The van der Waals surface area contributed by atoms with Gasteiger partial charge in [0.15, 0.2) is 0 Å². The van der Waals surface area contributed by atoms with Crippen molar-refractivity contribution >= 4 is 0 Å². The van der Waals surface area contributed by atoms with Crippen LogP contribution in [0.1, 0.15) is 17.2 Å². The van der Waals surface area contributed by atoms with Crippen LogP contribution in [0.2, 0.25) is 0 Å². The van der Waals surface area contributed by atoms with Gasteiger partial charge >= 0.3 is 0 Å². The Hall–Kier alpha value is -1.84. The number of hydrogen-bond acceptors (Lipinski definition) is 3. The van der Waals surface area contributed by atoms with E-state index in [0.717, 1.165) is 16.9 Å². The lowest BCUT2D eigenvalue weighted by Crippen LogP contribution is -2.11. The molecule has 0 amide bonds. The van der Waals surface area contributed by atoms with Gasteiger partial charge in [0.25, 0.3) is 0 Å². The molecular weight excluding hydrogens is 226 g/mol. The number of ether oxygens (including phenoxy) is 1. The third kappa shape index (κ3) is 3.32. The Kier molecular flexibility index (Phi) is 4.34. The van der Waals surface area contributed by atoms with Gasteiger partial charge in [-0.25, -0.2) is 0 Å². The summed E-state index contributed by atoms with van der Waals surface area (Å²) in [5.41, 5.74) is 7.32. The van der Waals surface area contributed by atoms with Crippen molar-refractivity contribution < 1.29 is 9.84 Å². The highest BCUT2D eigenvalue weighted by molar-refractivity contribution is 5.30. The first-order chi connectivity index (χ1) is 8.79. The summed E-state index contributed by atoms with van der Waals surface area (Å²) in [4.78, 5) is 0. The summed E-state index contributed by atoms with van der Waals surface area (Å²) in [6.07, 6.45) is -0.634. The monoisotopic (exact) mass is 243 g/mol. The van der Waals surface area contributed by atoms with Gasteiger partial charge in [-0.2, -0.15) is 0 Å². The maximum Gasteiger partial charge on any atom is 0.120 e. The van der Waals surface area contributed by atoms with Gasteiger partial charge in [0, 0.05) is 6.54 Å². The molecule has 1 atom stereocenters. The lowest BCUT2D eigenvalue weighted by Gasteiger charge is -2.11. The molecule has 2 aromatic carbocycles. The van der Waals surface area contributed by atoms with Crippen molar-refractivity contribution in [1.29, 1.82) is 0 Å². The minimum absolute atomic E-state index is 0.210. The molecule has 3 N–H and O–H groups in total. The minimum atomic E-state index is -0.634. The largest absolute Gasteiger partial charge is 0.489 e. The van der Waals surface area contributed by atoms with Crippen LogP contribution < -0.4 is 10.5 Å². The minimum Gasteiger partial charge on any atom is -0.489 e. The quantitative estimate of drug-likeness (QED) is 0.847. The average Bonchev–Trinajstić information content (AvgIpc) is 2.45. The molecule has 0 heterocycles. The normalized spacial score (nSPS) is 12.1. The van der Waals surface area contributed by atoms with E-state index in [9.17, 15) is 5.11 Å². The third-order valence-corrected chi connectivity index (χ3v) is 2.71. The van der Waals surface area contributed by atoms with Gasteiger partial charge in [0.2, 0.25) is 0 Å². The average molecular weight is 243 g/mol. The Morgan fingerprint density at radius 1 is 1.06 bits per heavy atom. The number of hydrogen-bond donors (Lipinski definition) is 2. The van der Waals surface area contributed by atoms with Crippen LogP contribution >= 0.6 is 0 Å². The standard InChI is InChI=1S/C15H17NO2/c16-10-15(17)13-7-4-8-14(9-13)18-11-12-5-2-1-3-6-12/h1-9,15,17H,10-11,16H2/t15-/m0/s1. The Morgan fingerprint density at radius 2 is 1.83 bits per heavy atom. The molecule has 3 nitrogen and oxygen atoms in total. The zero-order valence-electron chi connectivity index (χ0n) is 10.1. The van der Waals surface area contributed by atoms with E-state index < -0.39 is 6.10 Å². The lowest BCUT2D eigenvalue weighted by molar-refractivity contribution is 0.186. The molecule has 94 valence electrons. The molecule has 0 aliphatic carbocycles. The molecular formula is C15H17NO2. The first-order valence-corrected chi connectivity index (χ1v) is 5.94. The van der Waals surface area contributed by atoms with Crippen LogP contribution in [0.4, 0.5) is 0 Å². The van der Waals surface area contributed by atoms with Gasteiger partial charge in [-0.1, -0.05) is 42.5 Å². The Bertz CT molecular complexity index is 485. The molecule has 0 spiro atoms. The summed E-state index contributed by atoms with van der Waals surface area (Å²) in [5.74, 6) is 0.740. The molecule has 0 aliphatic heterocycles. The lowest BCUT2D eigenvalue weighted by atomic mass is 10.1. The van der Waals surface area contributed by atoms with Crippen molar-refractivity contribution in [3.05, 3.63) is 65.7 Å². The van der Waals surface area contributed by atoms with E-state index in [-0.39, 0.29) is 6.54 Å². The van der Waals surface area contributed by atoms with E-state index in [0.29, 0.717) is 6.61 Å². The molecule has 0 saturated carbocycles. The fourth-order valence-electron chi connectivity index (χ4n) is 1.69. The predicted octanol–water partition coefficient (Wildman–Crippen LogP) is 2.26. The summed E-state index contributed by atoms with van der Waals surface area (Å²) in [7, 11) is 0. The Balaban J connectivity index is 2.01. The maximum absolute atomic E-state index is 9.66. The van der Waals surface area contributed by atoms with Crippen LogP contribution in [0.5, 0.6) is 5.75 Å². The van der Waals surface area contributed by atoms with Crippen molar-refractivity contribution in [3.8, 4) is 5.75 Å². The second-order valence-electron chi connectivity index (χ2n) is 4.10. The summed E-state index contributed by atoms with van der Waals surface area (Å²) in [6, 6.07) is 17.3. The molecule has 2 rings (SSSR count). The smallest absolute Gasteiger partial charge is 0.120 e. The number of aliphatic hydroxyl groups is 1. The molecule has 3 heteroatoms. The first kappa shape index (κ1) is 12.6. The van der Waals surface area contributed by atoms with Crippen LogP contribution in [-0.2, 0) is 6.61 Å². The van der Waals surface area contributed by atoms with E-state index in [1.807, 2.05) is 54.6 Å². The highest BCUT2D eigenvalue weighted by Gasteiger charge is 2.05. The summed E-state index contributed by atoms with van der Waals surface area (Å²) < 4.78 is 5.68. The van der Waals surface area contributed by atoms with E-state index in [2.05, 4.69) is 0 Å². The number of nitrogens with two attached hydrogens (primary N) is 1. The van der Waals surface area contributed by atoms with Gasteiger partial charge in [-0.05, 0) is 23.3 Å². The summed E-state index contributed by atoms with van der Waals surface area (Å²) in [6.45, 7) is 0.727. The van der Waals surface area contributed by atoms with E-state index >= 15 is 0 Å². The second kappa shape index (κ2) is 6.19. The molecule has 18 heavy (non-hydrogen) atoms. The van der Waals surface area contributed by atoms with Crippen molar-refractivity contribution in [2.75, 3.05) is 6.54 Å². The zero-order chi connectivity index (χ0) is 12.8. The van der Waals surface area contributed by atoms with Crippen LogP contribution in [0.25, 0.3) is 0 Å². The fourth-order valence-corrected chi connectivity index (χ4v) is 1.69. The van der Waals surface area contributed by atoms with Crippen molar-refractivity contribution in [1.82, 2.24) is 0 Å². The number of benzene rings is 2. The van der Waals surface area contributed by atoms with Gasteiger partial charge in [-0.3, -0.25) is 0 Å². The van der Waals surface area contributed by atoms with Gasteiger partial charge in [0.05, 0.1) is 6.10 Å². The second-order valence-corrected chi connectivity index (χ2v) is 4.10. The topological polar surface area (TPSA) is 55.5 Å². The summed E-state index contributed by atoms with van der Waals surface area (Å²) >= 11 is 0. The summed E-state index contributed by atoms with van der Waals surface area (Å²) in [5, 5.41) is 9.66. The van der Waals surface area contributed by atoms with Gasteiger partial charge in [0.1, 0.15) is 12.4 Å². The first-order valence-electron chi connectivity index (χ1n) is 5.94. The number of aliphatic hydroxyl groups excluding tert-OH is 1. The maximum atomic E-state index is 9.66. The van der Waals surface area contributed by atoms with Crippen molar-refractivity contribution in [2.45, 2.75) is 12.7 Å². The van der Waals surface area contributed by atoms with Gasteiger partial charge in [-0.15, -0.1) is 0 Å². The highest BCUT2D eigenvalue weighted by atomic mass is 16.5. The van der Waals surface area contributed by atoms with Crippen LogP contribution in [0.15, 0.2) is 54.6 Å². The fraction of sp³-hybridized carbons (Fsp3) is 0.200. The van der Waals surface area contributed by atoms with Crippen LogP contribution in [0, 0.1) is 0 Å².